The second kappa shape index (κ2) is 8.10. The molecule has 0 aliphatic heterocycles. The van der Waals surface area contributed by atoms with Gasteiger partial charge in [-0.3, -0.25) is 14.3 Å². The van der Waals surface area contributed by atoms with E-state index in [1.54, 1.807) is 12.4 Å². The number of aromatic nitrogens is 4. The Hall–Kier alpha value is -2.38. The van der Waals surface area contributed by atoms with Gasteiger partial charge >= 0.3 is 0 Å². The number of carbonyl (C=O) groups is 1. The largest absolute Gasteiger partial charge is 0.351 e. The maximum absolute atomic E-state index is 12.2. The van der Waals surface area contributed by atoms with Gasteiger partial charge in [0.2, 0.25) is 5.91 Å². The van der Waals surface area contributed by atoms with Crippen LogP contribution in [0.5, 0.6) is 0 Å². The van der Waals surface area contributed by atoms with Crippen molar-refractivity contribution in [1.29, 1.82) is 0 Å². The second-order valence-electron chi connectivity index (χ2n) is 6.94. The van der Waals surface area contributed by atoms with E-state index in [0.717, 1.165) is 11.3 Å². The number of thioether (sulfide) groups is 1. The molecule has 6 nitrogen and oxygen atoms in total. The summed E-state index contributed by atoms with van der Waals surface area (Å²) in [6, 6.07) is 11.2. The van der Waals surface area contributed by atoms with E-state index >= 15 is 0 Å². The first kappa shape index (κ1) is 19.4. The number of nitrogens with zero attached hydrogens (tertiary/aromatic N) is 4. The van der Waals surface area contributed by atoms with Crippen LogP contribution in [0.4, 0.5) is 0 Å². The average Bonchev–Trinajstić information content (AvgIpc) is 3.04. The zero-order valence-electron chi connectivity index (χ0n) is 15.3. The van der Waals surface area contributed by atoms with Gasteiger partial charge in [-0.2, -0.15) is 0 Å². The van der Waals surface area contributed by atoms with Crippen molar-refractivity contribution in [3.8, 4) is 17.1 Å². The van der Waals surface area contributed by atoms with E-state index in [2.05, 4.69) is 20.5 Å². The molecule has 2 heterocycles. The summed E-state index contributed by atoms with van der Waals surface area (Å²) in [4.78, 5) is 16.2. The topological polar surface area (TPSA) is 72.7 Å². The monoisotopic (exact) mass is 401 g/mol. The van der Waals surface area contributed by atoms with Crippen molar-refractivity contribution in [3.63, 3.8) is 0 Å². The maximum Gasteiger partial charge on any atom is 0.230 e. The van der Waals surface area contributed by atoms with E-state index < -0.39 is 0 Å². The Labute approximate surface area is 167 Å². The lowest BCUT2D eigenvalue weighted by atomic mass is 10.1. The highest BCUT2D eigenvalue weighted by atomic mass is 35.5. The van der Waals surface area contributed by atoms with Crippen molar-refractivity contribution in [2.75, 3.05) is 5.75 Å². The first-order valence-electron chi connectivity index (χ1n) is 8.39. The molecule has 0 aliphatic carbocycles. The Kier molecular flexibility index (Phi) is 5.82. The minimum Gasteiger partial charge on any atom is -0.351 e. The number of hydrogen-bond donors (Lipinski definition) is 1. The summed E-state index contributed by atoms with van der Waals surface area (Å²) in [5, 5.41) is 12.9. The molecule has 3 rings (SSSR count). The molecule has 1 amide bonds. The van der Waals surface area contributed by atoms with E-state index in [-0.39, 0.29) is 17.2 Å². The summed E-state index contributed by atoms with van der Waals surface area (Å²) in [5.74, 6) is 0.876. The van der Waals surface area contributed by atoms with Crippen LogP contribution in [-0.4, -0.2) is 36.9 Å². The molecule has 0 fully saturated rings. The van der Waals surface area contributed by atoms with Crippen molar-refractivity contribution in [2.24, 2.45) is 0 Å². The molecule has 0 radical (unpaired) electrons. The van der Waals surface area contributed by atoms with Crippen LogP contribution >= 0.6 is 23.4 Å². The Balaban J connectivity index is 1.93. The van der Waals surface area contributed by atoms with Crippen LogP contribution in [0.1, 0.15) is 20.8 Å². The predicted molar refractivity (Wildman–Crippen MR) is 108 cm³/mol. The number of rotatable bonds is 5. The fourth-order valence-corrected chi connectivity index (χ4v) is 3.34. The first-order valence-corrected chi connectivity index (χ1v) is 9.75. The van der Waals surface area contributed by atoms with Gasteiger partial charge in [-0.25, -0.2) is 0 Å². The number of benzene rings is 1. The van der Waals surface area contributed by atoms with Crippen LogP contribution in [0, 0.1) is 0 Å². The van der Waals surface area contributed by atoms with Gasteiger partial charge in [0.05, 0.1) is 5.75 Å². The zero-order chi connectivity index (χ0) is 19.4. The van der Waals surface area contributed by atoms with Crippen molar-refractivity contribution in [3.05, 3.63) is 53.8 Å². The van der Waals surface area contributed by atoms with Gasteiger partial charge in [-0.05, 0) is 57.2 Å². The average molecular weight is 402 g/mol. The van der Waals surface area contributed by atoms with Crippen molar-refractivity contribution in [1.82, 2.24) is 25.1 Å². The van der Waals surface area contributed by atoms with Gasteiger partial charge in [0.1, 0.15) is 0 Å². The zero-order valence-corrected chi connectivity index (χ0v) is 16.9. The molecule has 0 aliphatic rings. The molecule has 2 aromatic heterocycles. The van der Waals surface area contributed by atoms with E-state index in [9.17, 15) is 4.79 Å². The van der Waals surface area contributed by atoms with E-state index in [0.29, 0.717) is 16.0 Å². The quantitative estimate of drug-likeness (QED) is 0.654. The summed E-state index contributed by atoms with van der Waals surface area (Å²) >= 11 is 7.37. The van der Waals surface area contributed by atoms with Crippen molar-refractivity contribution >= 4 is 29.3 Å². The molecule has 8 heteroatoms. The highest BCUT2D eigenvalue weighted by molar-refractivity contribution is 7.99. The minimum atomic E-state index is -0.274. The lowest BCUT2D eigenvalue weighted by Crippen LogP contribution is -2.41. The lowest BCUT2D eigenvalue weighted by molar-refractivity contribution is -0.119. The number of nitrogens with one attached hydrogen (secondary N) is 1. The fraction of sp³-hybridized carbons (Fsp3) is 0.263. The molecule has 0 saturated heterocycles. The third-order valence-electron chi connectivity index (χ3n) is 3.50. The molecular weight excluding hydrogens is 382 g/mol. The lowest BCUT2D eigenvalue weighted by Gasteiger charge is -2.20. The van der Waals surface area contributed by atoms with Gasteiger partial charge < -0.3 is 5.32 Å². The number of amides is 1. The molecule has 0 spiro atoms. The molecule has 27 heavy (non-hydrogen) atoms. The van der Waals surface area contributed by atoms with Gasteiger partial charge in [0, 0.05) is 34.2 Å². The summed E-state index contributed by atoms with van der Waals surface area (Å²) in [5.41, 5.74) is 1.48. The molecule has 1 aromatic carbocycles. The molecule has 1 N–H and O–H groups in total. The van der Waals surface area contributed by atoms with Gasteiger partial charge in [0.25, 0.3) is 0 Å². The summed E-state index contributed by atoms with van der Waals surface area (Å²) < 4.78 is 1.92. The van der Waals surface area contributed by atoms with E-state index in [1.807, 2.05) is 61.7 Å². The van der Waals surface area contributed by atoms with E-state index in [4.69, 9.17) is 11.6 Å². The van der Waals surface area contributed by atoms with Crippen molar-refractivity contribution in [2.45, 2.75) is 31.5 Å². The first-order chi connectivity index (χ1) is 12.8. The molecule has 0 unspecified atom stereocenters. The molecular formula is C19H20ClN5OS. The van der Waals surface area contributed by atoms with Crippen LogP contribution in [0.15, 0.2) is 53.9 Å². The molecule has 140 valence electrons. The Morgan fingerprint density at radius 2 is 1.78 bits per heavy atom. The van der Waals surface area contributed by atoms with Crippen molar-refractivity contribution < 1.29 is 4.79 Å². The third-order valence-corrected chi connectivity index (χ3v) is 4.68. The highest BCUT2D eigenvalue weighted by Crippen LogP contribution is 2.28. The second-order valence-corrected chi connectivity index (χ2v) is 8.32. The Morgan fingerprint density at radius 3 is 2.41 bits per heavy atom. The van der Waals surface area contributed by atoms with Gasteiger partial charge in [-0.1, -0.05) is 23.4 Å². The van der Waals surface area contributed by atoms with Gasteiger partial charge in [0.15, 0.2) is 11.0 Å². The van der Waals surface area contributed by atoms with Crippen LogP contribution in [0.25, 0.3) is 17.1 Å². The third kappa shape index (κ3) is 5.08. The minimum absolute atomic E-state index is 0.0522. The maximum atomic E-state index is 12.2. The normalized spacial score (nSPS) is 11.4. The van der Waals surface area contributed by atoms with Crippen LogP contribution in [-0.2, 0) is 4.79 Å². The summed E-state index contributed by atoms with van der Waals surface area (Å²) in [7, 11) is 0. The molecule has 3 aromatic rings. The number of pyridine rings is 1. The SMILES string of the molecule is CC(C)(C)NC(=O)CSc1nnc(-c2ccncc2)n1-c1ccc(Cl)cc1. The van der Waals surface area contributed by atoms with Gasteiger partial charge in [-0.15, -0.1) is 10.2 Å². The number of carbonyl (C=O) groups excluding carboxylic acids is 1. The predicted octanol–water partition coefficient (Wildman–Crippen LogP) is 3.99. The number of halogens is 1. The summed E-state index contributed by atoms with van der Waals surface area (Å²) in [6.45, 7) is 5.86. The van der Waals surface area contributed by atoms with Crippen LogP contribution in [0.3, 0.4) is 0 Å². The summed E-state index contributed by atoms with van der Waals surface area (Å²) in [6.07, 6.45) is 3.42. The fourth-order valence-electron chi connectivity index (χ4n) is 2.46. The number of hydrogen-bond acceptors (Lipinski definition) is 5. The highest BCUT2D eigenvalue weighted by Gasteiger charge is 2.19. The molecule has 0 saturated carbocycles. The Morgan fingerprint density at radius 1 is 1.11 bits per heavy atom. The smallest absolute Gasteiger partial charge is 0.230 e. The van der Waals surface area contributed by atoms with E-state index in [1.165, 1.54) is 11.8 Å². The molecule has 0 bridgehead atoms. The standard InChI is InChI=1S/C19H20ClN5OS/c1-19(2,3)22-16(26)12-27-18-24-23-17(13-8-10-21-11-9-13)25(18)15-6-4-14(20)5-7-15/h4-11H,12H2,1-3H3,(H,22,26). The van der Waals surface area contributed by atoms with Crippen LogP contribution in [0.2, 0.25) is 5.02 Å². The molecule has 0 atom stereocenters. The van der Waals surface area contributed by atoms with Crippen LogP contribution < -0.4 is 5.32 Å². The Bertz CT molecular complexity index is 920.